The molecule has 0 saturated carbocycles. The highest BCUT2D eigenvalue weighted by molar-refractivity contribution is 6.17. The van der Waals surface area contributed by atoms with Crippen molar-refractivity contribution in [3.05, 3.63) is 267 Å². The fourth-order valence-electron chi connectivity index (χ4n) is 10.5. The Labute approximate surface area is 395 Å². The predicted octanol–water partition coefficient (Wildman–Crippen LogP) is 17.9. The minimum Gasteiger partial charge on any atom is -0.309 e. The molecule has 2 heterocycles. The van der Waals surface area contributed by atoms with Crippen LogP contribution in [-0.2, 0) is 0 Å². The van der Waals surface area contributed by atoms with E-state index in [2.05, 4.69) is 276 Å². The van der Waals surface area contributed by atoms with Crippen molar-refractivity contribution in [1.29, 1.82) is 0 Å². The number of benzene rings is 11. The maximum absolute atomic E-state index is 2.47. The van der Waals surface area contributed by atoms with Crippen molar-refractivity contribution in [3.63, 3.8) is 0 Å². The van der Waals surface area contributed by atoms with E-state index in [0.29, 0.717) is 0 Å². The van der Waals surface area contributed by atoms with Gasteiger partial charge in [0.2, 0.25) is 0 Å². The number of hydrogen-bond acceptors (Lipinski definition) is 0. The standard InChI is InChI=1S/C66H44N2/c1-5-17-45(18-6-1)47-31-36-55(37-32-47)67-64-40-35-54(44-60(64)66-56(28-16-30-65(66)67)48-21-9-3-10-22-48)53-34-39-63-59(43-53)57-27-13-14-29-61(57)68(63)62-38-33-52(42-58(62)49-23-11-4-12-24-49)51-26-15-25-50(41-51)46-19-7-2-8-20-46/h1-44H. The summed E-state index contributed by atoms with van der Waals surface area (Å²) < 4.78 is 4.90. The average Bonchev–Trinajstić information content (AvgIpc) is 3.94. The Balaban J connectivity index is 0.969. The smallest absolute Gasteiger partial charge is 0.0547 e. The van der Waals surface area contributed by atoms with E-state index in [1.54, 1.807) is 0 Å². The normalized spacial score (nSPS) is 11.5. The third-order valence-electron chi connectivity index (χ3n) is 13.7. The van der Waals surface area contributed by atoms with Gasteiger partial charge in [-0.25, -0.2) is 0 Å². The molecule has 0 saturated heterocycles. The number of hydrogen-bond donors (Lipinski definition) is 0. The molecule has 0 bridgehead atoms. The molecule has 0 aliphatic heterocycles. The first kappa shape index (κ1) is 39.4. The molecule has 0 N–H and O–H groups in total. The molecule has 0 spiro atoms. The van der Waals surface area contributed by atoms with Crippen molar-refractivity contribution < 1.29 is 0 Å². The third kappa shape index (κ3) is 6.73. The topological polar surface area (TPSA) is 9.86 Å². The van der Waals surface area contributed by atoms with Gasteiger partial charge in [-0.1, -0.05) is 200 Å². The minimum absolute atomic E-state index is 1.14. The minimum atomic E-state index is 1.14. The van der Waals surface area contributed by atoms with Crippen LogP contribution in [-0.4, -0.2) is 9.13 Å². The first-order chi connectivity index (χ1) is 33.7. The quantitative estimate of drug-likeness (QED) is 0.144. The van der Waals surface area contributed by atoms with Gasteiger partial charge < -0.3 is 9.13 Å². The van der Waals surface area contributed by atoms with Gasteiger partial charge in [0.25, 0.3) is 0 Å². The van der Waals surface area contributed by atoms with Crippen LogP contribution < -0.4 is 0 Å². The van der Waals surface area contributed by atoms with Crippen molar-refractivity contribution in [2.75, 3.05) is 0 Å². The summed E-state index contributed by atoms with van der Waals surface area (Å²) in [6.45, 7) is 0. The molecule has 0 unspecified atom stereocenters. The van der Waals surface area contributed by atoms with Crippen LogP contribution >= 0.6 is 0 Å². The summed E-state index contributed by atoms with van der Waals surface area (Å²) in [6, 6.07) is 97.4. The molecule has 0 aliphatic rings. The zero-order valence-electron chi connectivity index (χ0n) is 37.3. The van der Waals surface area contributed by atoms with Crippen LogP contribution in [0.2, 0.25) is 0 Å². The molecule has 68 heavy (non-hydrogen) atoms. The van der Waals surface area contributed by atoms with Crippen LogP contribution in [0.5, 0.6) is 0 Å². The van der Waals surface area contributed by atoms with E-state index in [9.17, 15) is 0 Å². The van der Waals surface area contributed by atoms with Gasteiger partial charge in [-0.15, -0.1) is 0 Å². The summed E-state index contributed by atoms with van der Waals surface area (Å²) in [4.78, 5) is 0. The molecular weight excluding hydrogens is 821 g/mol. The first-order valence-electron chi connectivity index (χ1n) is 23.4. The van der Waals surface area contributed by atoms with Gasteiger partial charge in [0.15, 0.2) is 0 Å². The van der Waals surface area contributed by atoms with Gasteiger partial charge in [0.05, 0.1) is 27.8 Å². The van der Waals surface area contributed by atoms with E-state index in [0.717, 1.165) is 11.4 Å². The largest absolute Gasteiger partial charge is 0.309 e. The van der Waals surface area contributed by atoms with E-state index in [1.165, 1.54) is 110 Å². The molecule has 0 amide bonds. The van der Waals surface area contributed by atoms with Crippen LogP contribution in [0.3, 0.4) is 0 Å². The van der Waals surface area contributed by atoms with Crippen LogP contribution in [0.1, 0.15) is 0 Å². The summed E-state index contributed by atoms with van der Waals surface area (Å²) in [7, 11) is 0. The number of nitrogens with zero attached hydrogens (tertiary/aromatic N) is 2. The summed E-state index contributed by atoms with van der Waals surface area (Å²) in [5.74, 6) is 0. The van der Waals surface area contributed by atoms with Crippen molar-refractivity contribution in [2.24, 2.45) is 0 Å². The van der Waals surface area contributed by atoms with Crippen LogP contribution in [0.25, 0.3) is 122 Å². The maximum Gasteiger partial charge on any atom is 0.0547 e. The highest BCUT2D eigenvalue weighted by atomic mass is 15.0. The number of rotatable bonds is 8. The van der Waals surface area contributed by atoms with E-state index in [-0.39, 0.29) is 0 Å². The Bertz CT molecular complexity index is 3980. The van der Waals surface area contributed by atoms with Crippen LogP contribution in [0, 0.1) is 0 Å². The fraction of sp³-hybridized carbons (Fsp3) is 0. The third-order valence-corrected chi connectivity index (χ3v) is 13.7. The average molecular weight is 865 g/mol. The number of aromatic nitrogens is 2. The molecule has 318 valence electrons. The lowest BCUT2D eigenvalue weighted by molar-refractivity contribution is 1.18. The molecule has 13 rings (SSSR count). The molecule has 11 aromatic carbocycles. The number of fused-ring (bicyclic) bond motifs is 6. The summed E-state index contributed by atoms with van der Waals surface area (Å²) >= 11 is 0. The Morgan fingerprint density at radius 2 is 0.632 bits per heavy atom. The second kappa shape index (κ2) is 16.5. The zero-order chi connectivity index (χ0) is 45.0. The lowest BCUT2D eigenvalue weighted by atomic mass is 9.95. The molecule has 0 atom stereocenters. The highest BCUT2D eigenvalue weighted by Gasteiger charge is 2.20. The lowest BCUT2D eigenvalue weighted by Crippen LogP contribution is -1.98. The van der Waals surface area contributed by atoms with Gasteiger partial charge in [-0.05, 0) is 128 Å². The molecule has 13 aromatic rings. The van der Waals surface area contributed by atoms with Crippen molar-refractivity contribution >= 4 is 43.6 Å². The van der Waals surface area contributed by atoms with Gasteiger partial charge in [-0.3, -0.25) is 0 Å². The van der Waals surface area contributed by atoms with Crippen LogP contribution in [0.4, 0.5) is 0 Å². The molecule has 0 fully saturated rings. The summed E-state index contributed by atoms with van der Waals surface area (Å²) in [6.07, 6.45) is 0. The maximum atomic E-state index is 2.47. The van der Waals surface area contributed by atoms with Gasteiger partial charge >= 0.3 is 0 Å². The van der Waals surface area contributed by atoms with E-state index in [4.69, 9.17) is 0 Å². The van der Waals surface area contributed by atoms with E-state index >= 15 is 0 Å². The molecule has 0 radical (unpaired) electrons. The van der Waals surface area contributed by atoms with E-state index < -0.39 is 0 Å². The Hall–Kier alpha value is -8.98. The summed E-state index contributed by atoms with van der Waals surface area (Å²) in [5, 5.41) is 4.94. The lowest BCUT2D eigenvalue weighted by Gasteiger charge is -2.16. The summed E-state index contributed by atoms with van der Waals surface area (Å²) in [5.41, 5.74) is 21.4. The second-order valence-corrected chi connectivity index (χ2v) is 17.7. The predicted molar refractivity (Wildman–Crippen MR) is 288 cm³/mol. The van der Waals surface area contributed by atoms with Crippen molar-refractivity contribution in [3.8, 4) is 78.1 Å². The van der Waals surface area contributed by atoms with E-state index in [1.807, 2.05) is 0 Å². The van der Waals surface area contributed by atoms with Crippen molar-refractivity contribution in [1.82, 2.24) is 9.13 Å². The fourth-order valence-corrected chi connectivity index (χ4v) is 10.5. The first-order valence-corrected chi connectivity index (χ1v) is 23.4. The van der Waals surface area contributed by atoms with Crippen LogP contribution in [0.15, 0.2) is 267 Å². The van der Waals surface area contributed by atoms with Gasteiger partial charge in [-0.2, -0.15) is 0 Å². The van der Waals surface area contributed by atoms with Crippen molar-refractivity contribution in [2.45, 2.75) is 0 Å². The molecule has 2 aromatic heterocycles. The number of para-hydroxylation sites is 1. The van der Waals surface area contributed by atoms with Gasteiger partial charge in [0.1, 0.15) is 0 Å². The second-order valence-electron chi connectivity index (χ2n) is 17.7. The Morgan fingerprint density at radius 1 is 0.206 bits per heavy atom. The zero-order valence-corrected chi connectivity index (χ0v) is 37.3. The molecular formula is C66H44N2. The molecule has 2 nitrogen and oxygen atoms in total. The SMILES string of the molecule is c1ccc(-c2ccc(-n3c4ccc(-c5ccc6c(c5)c5ccccc5n6-c5ccc(-c6cccc(-c7ccccc7)c6)cc5-c5ccccc5)cc4c4c(-c5ccccc5)cccc43)cc2)cc1. The molecule has 2 heteroatoms. The monoisotopic (exact) mass is 864 g/mol. The Morgan fingerprint density at radius 3 is 1.31 bits per heavy atom. The van der Waals surface area contributed by atoms with Gasteiger partial charge in [0, 0.05) is 32.8 Å². The highest BCUT2D eigenvalue weighted by Crippen LogP contribution is 2.43. The molecule has 0 aliphatic carbocycles. The Kier molecular flexibility index (Phi) is 9.54.